The fourth-order valence-electron chi connectivity index (χ4n) is 2.24. The van der Waals surface area contributed by atoms with Crippen molar-refractivity contribution in [1.29, 1.82) is 0 Å². The quantitative estimate of drug-likeness (QED) is 0.490. The molecule has 0 amide bonds. The minimum absolute atomic E-state index is 0.0902. The van der Waals surface area contributed by atoms with Gasteiger partial charge in [0.05, 0.1) is 5.52 Å². The summed E-state index contributed by atoms with van der Waals surface area (Å²) in [6.07, 6.45) is 3.09. The minimum atomic E-state index is -0.0902. The van der Waals surface area contributed by atoms with Gasteiger partial charge >= 0.3 is 0 Å². The Morgan fingerprint density at radius 3 is 2.71 bits per heavy atom. The molecule has 0 fully saturated rings. The molecular weight excluding hydrogens is 216 g/mol. The van der Waals surface area contributed by atoms with Gasteiger partial charge < -0.3 is 0 Å². The average molecular weight is 222 g/mol. The summed E-state index contributed by atoms with van der Waals surface area (Å²) in [5, 5.41) is 7.97. The van der Waals surface area contributed by atoms with Crippen LogP contribution in [0.3, 0.4) is 0 Å². The van der Waals surface area contributed by atoms with Crippen molar-refractivity contribution in [3.8, 4) is 11.4 Å². The topological polar surface area (TPSA) is 71.5 Å². The van der Waals surface area contributed by atoms with Crippen LogP contribution < -0.4 is 0 Å². The lowest BCUT2D eigenvalue weighted by atomic mass is 9.94. The summed E-state index contributed by atoms with van der Waals surface area (Å²) < 4.78 is 0. The number of H-pyrrole nitrogens is 1. The lowest BCUT2D eigenvalue weighted by molar-refractivity contribution is 0.103. The molecule has 2 heterocycles. The fraction of sp³-hybridized carbons (Fsp3) is 0. The van der Waals surface area contributed by atoms with E-state index >= 15 is 0 Å². The summed E-state index contributed by atoms with van der Waals surface area (Å²) in [4.78, 5) is 20.5. The van der Waals surface area contributed by atoms with Gasteiger partial charge in [-0.2, -0.15) is 5.10 Å². The van der Waals surface area contributed by atoms with E-state index in [1.165, 1.54) is 6.20 Å². The van der Waals surface area contributed by atoms with Crippen molar-refractivity contribution in [1.82, 2.24) is 20.2 Å². The van der Waals surface area contributed by atoms with E-state index in [1.54, 1.807) is 12.3 Å². The number of fused-ring (bicyclic) bond motifs is 2. The summed E-state index contributed by atoms with van der Waals surface area (Å²) in [5.74, 6) is -0.0902. The Bertz CT molecular complexity index is 775. The second-order valence-electron chi connectivity index (χ2n) is 3.88. The maximum atomic E-state index is 12.2. The second kappa shape index (κ2) is 2.76. The van der Waals surface area contributed by atoms with E-state index in [2.05, 4.69) is 20.2 Å². The molecule has 4 rings (SSSR count). The number of carbonyl (C=O) groups is 1. The molecule has 17 heavy (non-hydrogen) atoms. The van der Waals surface area contributed by atoms with Crippen LogP contribution in [0.15, 0.2) is 30.6 Å². The van der Waals surface area contributed by atoms with Crippen molar-refractivity contribution in [3.05, 3.63) is 41.9 Å². The molecule has 0 atom stereocenters. The highest BCUT2D eigenvalue weighted by molar-refractivity contribution is 6.23. The third-order valence-electron chi connectivity index (χ3n) is 2.97. The molecule has 0 radical (unpaired) electrons. The van der Waals surface area contributed by atoms with Gasteiger partial charge in [0.25, 0.3) is 0 Å². The van der Waals surface area contributed by atoms with Crippen molar-refractivity contribution >= 4 is 16.7 Å². The predicted molar refractivity (Wildman–Crippen MR) is 60.6 cm³/mol. The van der Waals surface area contributed by atoms with E-state index in [1.807, 2.05) is 12.1 Å². The van der Waals surface area contributed by atoms with Crippen LogP contribution in [0, 0.1) is 0 Å². The first-order valence-electron chi connectivity index (χ1n) is 5.19. The van der Waals surface area contributed by atoms with Crippen molar-refractivity contribution in [2.75, 3.05) is 0 Å². The van der Waals surface area contributed by atoms with Crippen molar-refractivity contribution in [2.24, 2.45) is 0 Å². The zero-order chi connectivity index (χ0) is 11.4. The first-order valence-corrected chi connectivity index (χ1v) is 5.19. The number of rotatable bonds is 0. The zero-order valence-corrected chi connectivity index (χ0v) is 8.64. The second-order valence-corrected chi connectivity index (χ2v) is 3.88. The minimum Gasteiger partial charge on any atom is -0.287 e. The van der Waals surface area contributed by atoms with E-state index < -0.39 is 0 Å². The molecule has 1 N–H and O–H groups in total. The van der Waals surface area contributed by atoms with Gasteiger partial charge in [-0.25, -0.2) is 4.98 Å². The van der Waals surface area contributed by atoms with Gasteiger partial charge in [-0.05, 0) is 6.07 Å². The molecule has 0 saturated heterocycles. The Hall–Kier alpha value is -2.56. The van der Waals surface area contributed by atoms with Gasteiger partial charge in [0.2, 0.25) is 5.78 Å². The van der Waals surface area contributed by atoms with Crippen molar-refractivity contribution in [2.45, 2.75) is 0 Å². The van der Waals surface area contributed by atoms with Crippen LogP contribution in [0.2, 0.25) is 0 Å². The van der Waals surface area contributed by atoms with Gasteiger partial charge in [0, 0.05) is 23.3 Å². The Kier molecular flexibility index (Phi) is 1.39. The number of carbonyl (C=O) groups excluding carboxylic acids is 1. The van der Waals surface area contributed by atoms with Crippen LogP contribution in [0.4, 0.5) is 0 Å². The third-order valence-corrected chi connectivity index (χ3v) is 2.97. The number of nitrogens with zero attached hydrogens (tertiary/aromatic N) is 3. The Morgan fingerprint density at radius 1 is 1.00 bits per heavy atom. The van der Waals surface area contributed by atoms with Crippen molar-refractivity contribution in [3.63, 3.8) is 0 Å². The first kappa shape index (κ1) is 8.58. The lowest BCUT2D eigenvalue weighted by Crippen LogP contribution is -2.12. The number of ketones is 1. The highest BCUT2D eigenvalue weighted by Crippen LogP contribution is 2.35. The van der Waals surface area contributed by atoms with Gasteiger partial charge in [0.1, 0.15) is 17.1 Å². The molecule has 5 heteroatoms. The number of hydrogen-bond donors (Lipinski definition) is 1. The third kappa shape index (κ3) is 0.932. The molecule has 80 valence electrons. The van der Waals surface area contributed by atoms with E-state index in [0.29, 0.717) is 22.6 Å². The van der Waals surface area contributed by atoms with Crippen LogP contribution in [-0.2, 0) is 0 Å². The average Bonchev–Trinajstić information content (AvgIpc) is 2.81. The SMILES string of the molecule is O=C1c2nccnc2-c2n[nH]c3cccc1c23. The molecule has 0 bridgehead atoms. The Balaban J connectivity index is 2.27. The van der Waals surface area contributed by atoms with Crippen LogP contribution in [0.1, 0.15) is 16.1 Å². The highest BCUT2D eigenvalue weighted by Gasteiger charge is 2.29. The molecule has 0 saturated carbocycles. The Morgan fingerprint density at radius 2 is 1.82 bits per heavy atom. The molecule has 5 nitrogen and oxygen atoms in total. The maximum Gasteiger partial charge on any atom is 0.214 e. The zero-order valence-electron chi connectivity index (χ0n) is 8.64. The first-order chi connectivity index (χ1) is 8.36. The summed E-state index contributed by atoms with van der Waals surface area (Å²) in [6, 6.07) is 5.52. The molecule has 0 spiro atoms. The van der Waals surface area contributed by atoms with E-state index in [9.17, 15) is 4.79 Å². The van der Waals surface area contributed by atoms with Gasteiger partial charge in [-0.15, -0.1) is 0 Å². The summed E-state index contributed by atoms with van der Waals surface area (Å²) in [7, 11) is 0. The van der Waals surface area contributed by atoms with E-state index in [4.69, 9.17) is 0 Å². The van der Waals surface area contributed by atoms with Gasteiger partial charge in [0.15, 0.2) is 0 Å². The summed E-state index contributed by atoms with van der Waals surface area (Å²) in [5.41, 5.74) is 3.13. The number of aromatic amines is 1. The molecule has 1 aromatic carbocycles. The molecule has 0 unspecified atom stereocenters. The highest BCUT2D eigenvalue weighted by atomic mass is 16.1. The standard InChI is InChI=1S/C12H6N4O/c17-12-6-2-1-3-7-8(6)9(16-15-7)10-11(12)14-5-4-13-10/h1-5H,(H,15,16). The van der Waals surface area contributed by atoms with Crippen LogP contribution in [0.25, 0.3) is 22.3 Å². The van der Waals surface area contributed by atoms with Crippen LogP contribution in [0.5, 0.6) is 0 Å². The van der Waals surface area contributed by atoms with Gasteiger partial charge in [-0.3, -0.25) is 14.9 Å². The fourth-order valence-corrected chi connectivity index (χ4v) is 2.24. The summed E-state index contributed by atoms with van der Waals surface area (Å²) in [6.45, 7) is 0. The van der Waals surface area contributed by atoms with E-state index in [-0.39, 0.29) is 5.78 Å². The molecule has 1 aliphatic carbocycles. The van der Waals surface area contributed by atoms with Crippen LogP contribution in [-0.4, -0.2) is 25.9 Å². The van der Waals surface area contributed by atoms with Crippen LogP contribution >= 0.6 is 0 Å². The number of aromatic nitrogens is 4. The summed E-state index contributed by atoms with van der Waals surface area (Å²) >= 11 is 0. The van der Waals surface area contributed by atoms with Gasteiger partial charge in [-0.1, -0.05) is 12.1 Å². The largest absolute Gasteiger partial charge is 0.287 e. The number of nitrogens with one attached hydrogen (secondary N) is 1. The predicted octanol–water partition coefficient (Wildman–Crippen LogP) is 1.56. The normalized spacial score (nSPS) is 12.8. The van der Waals surface area contributed by atoms with Crippen molar-refractivity contribution < 1.29 is 4.79 Å². The lowest BCUT2D eigenvalue weighted by Gasteiger charge is -2.11. The maximum absolute atomic E-state index is 12.2. The molecular formula is C12H6N4O. The molecule has 3 aromatic rings. The molecule has 0 aliphatic heterocycles. The number of hydrogen-bond acceptors (Lipinski definition) is 4. The van der Waals surface area contributed by atoms with E-state index in [0.717, 1.165) is 10.9 Å². The Labute approximate surface area is 95.5 Å². The monoisotopic (exact) mass is 222 g/mol. The molecule has 1 aliphatic rings. The smallest absolute Gasteiger partial charge is 0.214 e. The number of benzene rings is 1. The molecule has 2 aromatic heterocycles.